The number of sulfonamides is 1. The number of ketones is 1. The average molecular weight is 701 g/mol. The molecule has 0 radical (unpaired) electrons. The van der Waals surface area contributed by atoms with E-state index in [9.17, 15) is 22.8 Å². The van der Waals surface area contributed by atoms with Crippen molar-refractivity contribution in [1.82, 2.24) is 36.4 Å². The number of aryl methyl sites for hydroxylation is 1. The Morgan fingerprint density at radius 2 is 1.60 bits per heavy atom. The van der Waals surface area contributed by atoms with Gasteiger partial charge in [-0.2, -0.15) is 17.7 Å². The van der Waals surface area contributed by atoms with Gasteiger partial charge in [0, 0.05) is 17.9 Å². The number of aromatic nitrogens is 2. The molecular weight excluding hydrogens is 657 g/mol. The highest BCUT2D eigenvalue weighted by Crippen LogP contribution is 2.26. The van der Waals surface area contributed by atoms with Crippen molar-refractivity contribution in [3.05, 3.63) is 78.1 Å². The number of carbonyl (C=O) groups is 3. The second-order valence-electron chi connectivity index (χ2n) is 10.9. The van der Waals surface area contributed by atoms with Crippen LogP contribution in [0.3, 0.4) is 0 Å². The molecular formula is C32H44N8O6S2. The molecule has 2 aromatic carbocycles. The van der Waals surface area contributed by atoms with Gasteiger partial charge in [-0.05, 0) is 75.3 Å². The Morgan fingerprint density at radius 1 is 0.938 bits per heavy atom. The van der Waals surface area contributed by atoms with E-state index in [2.05, 4.69) is 50.9 Å². The molecule has 0 aliphatic heterocycles. The lowest BCUT2D eigenvalue weighted by atomic mass is 9.99. The van der Waals surface area contributed by atoms with E-state index < -0.39 is 22.0 Å². The first-order valence-corrected chi connectivity index (χ1v) is 17.5. The monoisotopic (exact) mass is 700 g/mol. The molecule has 260 valence electrons. The van der Waals surface area contributed by atoms with Crippen molar-refractivity contribution >= 4 is 40.2 Å². The molecule has 14 nitrogen and oxygen atoms in total. The summed E-state index contributed by atoms with van der Waals surface area (Å²) in [7, 11) is -3.83. The van der Waals surface area contributed by atoms with Crippen molar-refractivity contribution in [2.45, 2.75) is 30.7 Å². The number of aliphatic hydroxyl groups excluding tert-OH is 1. The summed E-state index contributed by atoms with van der Waals surface area (Å²) in [5.74, 6) is -0.868. The van der Waals surface area contributed by atoms with Crippen LogP contribution in [0.4, 0.5) is 0 Å². The van der Waals surface area contributed by atoms with Crippen molar-refractivity contribution in [2.24, 2.45) is 5.14 Å². The summed E-state index contributed by atoms with van der Waals surface area (Å²) in [5.41, 5.74) is 4.13. The largest absolute Gasteiger partial charge is 0.396 e. The third-order valence-electron chi connectivity index (χ3n) is 7.09. The van der Waals surface area contributed by atoms with Gasteiger partial charge in [-0.15, -0.1) is 0 Å². The second-order valence-corrected chi connectivity index (χ2v) is 12.8. The Balaban J connectivity index is 1.71. The van der Waals surface area contributed by atoms with Gasteiger partial charge in [0.2, 0.25) is 21.8 Å². The van der Waals surface area contributed by atoms with Crippen LogP contribution in [0.5, 0.6) is 0 Å². The number of thiol groups is 1. The van der Waals surface area contributed by atoms with E-state index in [1.54, 1.807) is 16.8 Å². The fourth-order valence-electron chi connectivity index (χ4n) is 4.61. The molecule has 3 aromatic rings. The van der Waals surface area contributed by atoms with E-state index in [1.807, 2.05) is 37.3 Å². The molecule has 0 aliphatic rings. The fourth-order valence-corrected chi connectivity index (χ4v) is 5.24. The van der Waals surface area contributed by atoms with Gasteiger partial charge in [0.05, 0.1) is 53.4 Å². The number of hydrogen-bond acceptors (Lipinski definition) is 11. The van der Waals surface area contributed by atoms with E-state index in [0.717, 1.165) is 23.4 Å². The maximum absolute atomic E-state index is 13.4. The zero-order valence-electron chi connectivity index (χ0n) is 26.9. The van der Waals surface area contributed by atoms with Gasteiger partial charge in [0.1, 0.15) is 0 Å². The molecule has 1 aromatic heterocycles. The van der Waals surface area contributed by atoms with Gasteiger partial charge >= 0.3 is 0 Å². The van der Waals surface area contributed by atoms with Crippen molar-refractivity contribution in [2.75, 3.05) is 51.6 Å². The summed E-state index contributed by atoms with van der Waals surface area (Å²) in [4.78, 5) is 37.2. The van der Waals surface area contributed by atoms with Crippen molar-refractivity contribution in [1.29, 1.82) is 0 Å². The third kappa shape index (κ3) is 12.2. The number of carbonyl (C=O) groups excluding carboxylic acids is 3. The Bertz CT molecular complexity index is 1640. The van der Waals surface area contributed by atoms with Crippen LogP contribution in [0.1, 0.15) is 30.1 Å². The highest BCUT2D eigenvalue weighted by atomic mass is 32.2. The van der Waals surface area contributed by atoms with Crippen LogP contribution in [0.15, 0.2) is 71.8 Å². The maximum Gasteiger partial charge on any atom is 0.239 e. The zero-order valence-corrected chi connectivity index (χ0v) is 28.6. The van der Waals surface area contributed by atoms with Gasteiger partial charge in [-0.3, -0.25) is 14.4 Å². The van der Waals surface area contributed by atoms with E-state index in [1.165, 1.54) is 12.1 Å². The van der Waals surface area contributed by atoms with Crippen LogP contribution >= 0.6 is 12.6 Å². The van der Waals surface area contributed by atoms with Crippen LogP contribution < -0.4 is 31.7 Å². The smallest absolute Gasteiger partial charge is 0.239 e. The first kappa shape index (κ1) is 38.4. The summed E-state index contributed by atoms with van der Waals surface area (Å²) < 4.78 is 25.1. The molecule has 16 heteroatoms. The molecule has 1 unspecified atom stereocenters. The van der Waals surface area contributed by atoms with E-state index in [-0.39, 0.29) is 48.6 Å². The molecule has 0 fully saturated rings. The Labute approximate surface area is 286 Å². The molecule has 0 saturated heterocycles. The summed E-state index contributed by atoms with van der Waals surface area (Å²) >= 11 is 3.89. The predicted molar refractivity (Wildman–Crippen MR) is 187 cm³/mol. The van der Waals surface area contributed by atoms with Crippen LogP contribution in [0.25, 0.3) is 16.9 Å². The first-order valence-electron chi connectivity index (χ1n) is 15.4. The van der Waals surface area contributed by atoms with Gasteiger partial charge in [0.15, 0.2) is 5.78 Å². The normalized spacial score (nSPS) is 11.9. The quantitative estimate of drug-likeness (QED) is 0.0564. The molecule has 0 spiro atoms. The molecule has 1 atom stereocenters. The topological polar surface area (TPSA) is 210 Å². The van der Waals surface area contributed by atoms with Crippen LogP contribution in [-0.2, 0) is 24.4 Å². The Hall–Kier alpha value is -4.06. The van der Waals surface area contributed by atoms with E-state index in [0.29, 0.717) is 43.0 Å². The van der Waals surface area contributed by atoms with Crippen molar-refractivity contribution in [3.63, 3.8) is 0 Å². The molecule has 0 bridgehead atoms. The molecule has 3 rings (SSSR count). The molecule has 1 heterocycles. The lowest BCUT2D eigenvalue weighted by Crippen LogP contribution is -2.41. The van der Waals surface area contributed by atoms with Crippen LogP contribution in [0.2, 0.25) is 0 Å². The lowest BCUT2D eigenvalue weighted by molar-refractivity contribution is -0.125. The van der Waals surface area contributed by atoms with E-state index >= 15 is 0 Å². The number of nitrogens with two attached hydrogens (primary N) is 1. The summed E-state index contributed by atoms with van der Waals surface area (Å²) in [6.45, 7) is 7.48. The highest BCUT2D eigenvalue weighted by Gasteiger charge is 2.21. The maximum atomic E-state index is 13.4. The van der Waals surface area contributed by atoms with Gasteiger partial charge in [-0.25, -0.2) is 18.2 Å². The third-order valence-corrected chi connectivity index (χ3v) is 8.31. The molecule has 0 aliphatic carbocycles. The second kappa shape index (κ2) is 19.1. The highest BCUT2D eigenvalue weighted by molar-refractivity contribution is 7.89. The van der Waals surface area contributed by atoms with Crippen molar-refractivity contribution in [3.8, 4) is 16.9 Å². The fraction of sp³-hybridized carbons (Fsp3) is 0.375. The molecule has 48 heavy (non-hydrogen) atoms. The Kier molecular flexibility index (Phi) is 15.2. The summed E-state index contributed by atoms with van der Waals surface area (Å²) in [5, 5.41) is 33.4. The van der Waals surface area contributed by atoms with Crippen LogP contribution in [0, 0.1) is 6.92 Å². The first-order chi connectivity index (χ1) is 22.9. The zero-order chi connectivity index (χ0) is 35.1. The minimum absolute atomic E-state index is 0.00186. The number of rotatable bonds is 21. The van der Waals surface area contributed by atoms with Gasteiger partial charge in [-0.1, -0.05) is 30.8 Å². The number of aliphatic hydroxyl groups is 1. The number of benzene rings is 2. The van der Waals surface area contributed by atoms with Gasteiger partial charge < -0.3 is 31.7 Å². The Morgan fingerprint density at radius 3 is 2.25 bits per heavy atom. The standard InChI is InChI=1S/C32H44N8O6S2/c1-22-17-28(40(39-22)26-9-11-27(12-10-26)48(33,45)46)24-5-7-25(8-6-24)32(35-15-3-13-34-14-4-16-41)29(42)19-38-30(43)20-36-23(2)18-37-31(44)21-47/h5-12,17,32,34-36,41,47H,2-4,13-16,18-21H2,1H3,(H,37,44)(H,38,43)(H2,33,45,46). The number of primary sulfonamides is 1. The molecule has 0 saturated carbocycles. The number of nitrogens with zero attached hydrogens (tertiary/aromatic N) is 2. The van der Waals surface area contributed by atoms with E-state index in [4.69, 9.17) is 10.2 Å². The SMILES string of the molecule is C=C(CNC(=O)CS)NCC(=O)NCC(=O)C(NCCCNCCCO)c1ccc(-c2cc(C)nn2-c2ccc(S(N)(=O)=O)cc2)cc1. The minimum atomic E-state index is -3.83. The number of Topliss-reactive ketones (excluding diaryl/α,β-unsaturated/α-hetero) is 1. The lowest BCUT2D eigenvalue weighted by Gasteiger charge is -2.19. The number of amides is 2. The minimum Gasteiger partial charge on any atom is -0.396 e. The molecule has 2 amide bonds. The number of nitrogens with one attached hydrogen (secondary N) is 5. The van der Waals surface area contributed by atoms with Gasteiger partial charge in [0.25, 0.3) is 0 Å². The number of hydrogen-bond donors (Lipinski definition) is 8. The van der Waals surface area contributed by atoms with Crippen molar-refractivity contribution < 1.29 is 27.9 Å². The average Bonchev–Trinajstić information content (AvgIpc) is 3.47. The predicted octanol–water partition coefficient (Wildman–Crippen LogP) is 0.323. The summed E-state index contributed by atoms with van der Waals surface area (Å²) in [6, 6.07) is 14.7. The summed E-state index contributed by atoms with van der Waals surface area (Å²) in [6.07, 6.45) is 1.39. The molecule has 8 N–H and O–H groups in total. The van der Waals surface area contributed by atoms with Crippen LogP contribution in [-0.4, -0.2) is 92.5 Å².